The molecule has 190 valence electrons. The summed E-state index contributed by atoms with van der Waals surface area (Å²) in [5.74, 6) is 1.39. The summed E-state index contributed by atoms with van der Waals surface area (Å²) in [5, 5.41) is 0. The highest BCUT2D eigenvalue weighted by molar-refractivity contribution is 5.72. The topological polar surface area (TPSA) is 26.3 Å². The van der Waals surface area contributed by atoms with Crippen LogP contribution in [0.4, 0.5) is 0 Å². The van der Waals surface area contributed by atoms with Gasteiger partial charge < -0.3 is 4.74 Å². The number of hydrogen-bond donors (Lipinski definition) is 0. The lowest BCUT2D eigenvalue weighted by Gasteiger charge is -2.32. The van der Waals surface area contributed by atoms with Crippen LogP contribution in [0.2, 0.25) is 0 Å². The second kappa shape index (κ2) is 13.3. The molecule has 2 aliphatic rings. The largest absolute Gasteiger partial charge is 0.462 e. The maximum atomic E-state index is 12.9. The fourth-order valence-corrected chi connectivity index (χ4v) is 6.22. The second-order valence-corrected chi connectivity index (χ2v) is 11.1. The van der Waals surface area contributed by atoms with Crippen LogP contribution in [0.1, 0.15) is 125 Å². The zero-order valence-corrected chi connectivity index (χ0v) is 22.1. The molecule has 2 aliphatic carbocycles. The van der Waals surface area contributed by atoms with Crippen LogP contribution in [0.3, 0.4) is 0 Å². The first kappa shape index (κ1) is 26.0. The molecule has 0 atom stereocenters. The Bertz CT molecular complexity index is 882. The molecule has 0 heterocycles. The van der Waals surface area contributed by atoms with Gasteiger partial charge in [-0.15, -0.1) is 0 Å². The maximum absolute atomic E-state index is 12.9. The third kappa shape index (κ3) is 7.45. The van der Waals surface area contributed by atoms with Crippen molar-refractivity contribution in [2.75, 3.05) is 0 Å². The second-order valence-electron chi connectivity index (χ2n) is 11.1. The number of aryl methyl sites for hydroxylation is 2. The van der Waals surface area contributed by atoms with E-state index < -0.39 is 0 Å². The zero-order valence-electron chi connectivity index (χ0n) is 22.1. The van der Waals surface area contributed by atoms with Crippen LogP contribution in [0.5, 0.6) is 0 Å². The van der Waals surface area contributed by atoms with Gasteiger partial charge in [-0.05, 0) is 105 Å². The molecule has 0 amide bonds. The predicted molar refractivity (Wildman–Crippen MR) is 146 cm³/mol. The monoisotopic (exact) mass is 474 g/mol. The van der Waals surface area contributed by atoms with Crippen molar-refractivity contribution < 1.29 is 9.53 Å². The molecule has 2 aromatic rings. The Morgan fingerprint density at radius 2 is 1.17 bits per heavy atom. The van der Waals surface area contributed by atoms with E-state index in [4.69, 9.17) is 4.74 Å². The smallest absolute Gasteiger partial charge is 0.309 e. The van der Waals surface area contributed by atoms with Crippen molar-refractivity contribution in [2.45, 2.75) is 122 Å². The van der Waals surface area contributed by atoms with Crippen LogP contribution in [-0.2, 0) is 22.4 Å². The molecule has 0 radical (unpaired) electrons. The Labute approximate surface area is 213 Å². The van der Waals surface area contributed by atoms with Gasteiger partial charge in [0, 0.05) is 0 Å². The summed E-state index contributed by atoms with van der Waals surface area (Å²) in [7, 11) is 0. The summed E-state index contributed by atoms with van der Waals surface area (Å²) in [4.78, 5) is 12.9. The third-order valence-electron chi connectivity index (χ3n) is 8.53. The van der Waals surface area contributed by atoms with Crippen LogP contribution in [0.25, 0.3) is 0 Å². The molecule has 0 spiro atoms. The van der Waals surface area contributed by atoms with E-state index in [1.807, 2.05) is 0 Å². The molecule has 2 aromatic carbocycles. The number of rotatable bonds is 10. The van der Waals surface area contributed by atoms with E-state index >= 15 is 0 Å². The highest BCUT2D eigenvalue weighted by Crippen LogP contribution is 2.38. The summed E-state index contributed by atoms with van der Waals surface area (Å²) in [6, 6.07) is 18.5. The van der Waals surface area contributed by atoms with E-state index in [1.54, 1.807) is 0 Å². The minimum Gasteiger partial charge on any atom is -0.462 e. The first-order valence-corrected chi connectivity index (χ1v) is 14.5. The minimum atomic E-state index is 0.0714. The molecule has 2 nitrogen and oxygen atoms in total. The number of hydrogen-bond acceptors (Lipinski definition) is 2. The number of esters is 1. The summed E-state index contributed by atoms with van der Waals surface area (Å²) < 4.78 is 6.03. The Morgan fingerprint density at radius 1 is 0.657 bits per heavy atom. The van der Waals surface area contributed by atoms with Crippen molar-refractivity contribution in [2.24, 2.45) is 5.92 Å². The maximum Gasteiger partial charge on any atom is 0.309 e. The predicted octanol–water partition coefficient (Wildman–Crippen LogP) is 8.92. The van der Waals surface area contributed by atoms with Gasteiger partial charge in [0.15, 0.2) is 0 Å². The molecule has 2 heteroatoms. The van der Waals surface area contributed by atoms with Gasteiger partial charge in [0.1, 0.15) is 6.10 Å². The molecule has 0 aliphatic heterocycles. The van der Waals surface area contributed by atoms with Crippen LogP contribution in [0, 0.1) is 5.92 Å². The number of carbonyl (C=O) groups is 1. The molecule has 2 fully saturated rings. The van der Waals surface area contributed by atoms with Gasteiger partial charge in [-0.3, -0.25) is 4.79 Å². The van der Waals surface area contributed by atoms with Crippen LogP contribution in [-0.4, -0.2) is 12.1 Å². The van der Waals surface area contributed by atoms with Crippen molar-refractivity contribution in [1.82, 2.24) is 0 Å². The molecule has 35 heavy (non-hydrogen) atoms. The van der Waals surface area contributed by atoms with E-state index in [0.29, 0.717) is 11.8 Å². The van der Waals surface area contributed by atoms with Gasteiger partial charge in [-0.1, -0.05) is 81.6 Å². The third-order valence-corrected chi connectivity index (χ3v) is 8.53. The summed E-state index contributed by atoms with van der Waals surface area (Å²) in [5.41, 5.74) is 5.81. The molecule has 0 saturated heterocycles. The van der Waals surface area contributed by atoms with E-state index in [9.17, 15) is 4.79 Å². The van der Waals surface area contributed by atoms with Crippen molar-refractivity contribution >= 4 is 5.97 Å². The van der Waals surface area contributed by atoms with Gasteiger partial charge >= 0.3 is 5.97 Å². The molecule has 4 rings (SSSR count). The Kier molecular flexibility index (Phi) is 9.86. The number of benzene rings is 2. The zero-order chi connectivity index (χ0) is 24.5. The lowest BCUT2D eigenvalue weighted by Crippen LogP contribution is -2.29. The van der Waals surface area contributed by atoms with Gasteiger partial charge in [-0.2, -0.15) is 0 Å². The molecule has 0 unspecified atom stereocenters. The quantitative estimate of drug-likeness (QED) is 0.254. The first-order chi connectivity index (χ1) is 17.2. The molecule has 0 bridgehead atoms. The number of carbonyl (C=O) groups excluding carboxylic acids is 1. The van der Waals surface area contributed by atoms with Gasteiger partial charge in [0.25, 0.3) is 0 Å². The Morgan fingerprint density at radius 3 is 1.69 bits per heavy atom. The van der Waals surface area contributed by atoms with Gasteiger partial charge in [0.2, 0.25) is 0 Å². The summed E-state index contributed by atoms with van der Waals surface area (Å²) in [6.45, 7) is 4.49. The molecule has 0 aromatic heterocycles. The lowest BCUT2D eigenvalue weighted by atomic mass is 9.78. The molecule has 2 saturated carbocycles. The van der Waals surface area contributed by atoms with Crippen molar-refractivity contribution in [3.05, 3.63) is 70.8 Å². The average Bonchev–Trinajstić information content (AvgIpc) is 2.90. The van der Waals surface area contributed by atoms with Crippen molar-refractivity contribution in [3.8, 4) is 0 Å². The SMILES string of the molecule is CCCCCc1ccc([C@H]2CC[C@H](C(=O)O[C@H]3CC[C@H](c4ccc(CCC)cc4)CC3)CC2)cc1. The number of unbranched alkanes of at least 4 members (excludes halogenated alkanes) is 2. The van der Waals surface area contributed by atoms with Gasteiger partial charge in [-0.25, -0.2) is 0 Å². The summed E-state index contributed by atoms with van der Waals surface area (Å²) in [6.07, 6.45) is 16.0. The van der Waals surface area contributed by atoms with E-state index in [-0.39, 0.29) is 18.0 Å². The van der Waals surface area contributed by atoms with E-state index in [2.05, 4.69) is 62.4 Å². The summed E-state index contributed by atoms with van der Waals surface area (Å²) >= 11 is 0. The molecule has 0 N–H and O–H groups in total. The molecular formula is C33H46O2. The minimum absolute atomic E-state index is 0.0714. The first-order valence-electron chi connectivity index (χ1n) is 14.5. The van der Waals surface area contributed by atoms with E-state index in [1.165, 1.54) is 54.4 Å². The average molecular weight is 475 g/mol. The fourth-order valence-electron chi connectivity index (χ4n) is 6.22. The van der Waals surface area contributed by atoms with Crippen molar-refractivity contribution in [1.29, 1.82) is 0 Å². The van der Waals surface area contributed by atoms with Crippen LogP contribution < -0.4 is 0 Å². The fraction of sp³-hybridized carbons (Fsp3) is 0.606. The Hall–Kier alpha value is -2.09. The normalized spacial score (nSPS) is 24.7. The standard InChI is InChI=1S/C33H46O2/c1-3-5-6-8-26-11-15-27(16-12-26)29-17-19-31(20-18-29)33(34)35-32-23-21-30(22-24-32)28-13-9-25(7-4-2)10-14-28/h9-16,29-32H,3-8,17-24H2,1-2H3/t29-,30-,31-,32-. The highest BCUT2D eigenvalue weighted by atomic mass is 16.5. The molecular weight excluding hydrogens is 428 g/mol. The van der Waals surface area contributed by atoms with Crippen LogP contribution in [0.15, 0.2) is 48.5 Å². The number of ether oxygens (including phenoxy) is 1. The lowest BCUT2D eigenvalue weighted by molar-refractivity contribution is -0.157. The van der Waals surface area contributed by atoms with Crippen LogP contribution >= 0.6 is 0 Å². The van der Waals surface area contributed by atoms with Crippen molar-refractivity contribution in [3.63, 3.8) is 0 Å². The van der Waals surface area contributed by atoms with E-state index in [0.717, 1.165) is 57.8 Å². The van der Waals surface area contributed by atoms with Gasteiger partial charge in [0.05, 0.1) is 5.92 Å². The Balaban J connectivity index is 1.18. The highest BCUT2D eigenvalue weighted by Gasteiger charge is 2.31.